The minimum atomic E-state index is 0.573. The summed E-state index contributed by atoms with van der Waals surface area (Å²) < 4.78 is 5.48. The van der Waals surface area contributed by atoms with Crippen molar-refractivity contribution in [3.63, 3.8) is 0 Å². The van der Waals surface area contributed by atoms with Crippen molar-refractivity contribution in [3.8, 4) is 0 Å². The lowest BCUT2D eigenvalue weighted by Gasteiger charge is -1.92. The molecular formula is C10H10N2O2S. The summed E-state index contributed by atoms with van der Waals surface area (Å²) in [5, 5.41) is 12.2. The minimum absolute atomic E-state index is 0.573. The van der Waals surface area contributed by atoms with Crippen LogP contribution in [0.4, 0.5) is 0 Å². The largest absolute Gasteiger partial charge is 0.431 e. The number of fused-ring (bicyclic) bond motifs is 1. The molecule has 2 rings (SSSR count). The van der Waals surface area contributed by atoms with Crippen LogP contribution in [0.15, 0.2) is 39.1 Å². The minimum Gasteiger partial charge on any atom is -0.431 e. The number of para-hydroxylation sites is 2. The summed E-state index contributed by atoms with van der Waals surface area (Å²) >= 11 is 1.41. The Morgan fingerprint density at radius 1 is 1.53 bits per heavy atom. The molecule has 0 fully saturated rings. The van der Waals surface area contributed by atoms with Crippen molar-refractivity contribution in [1.29, 1.82) is 0 Å². The molecule has 1 N–H and O–H groups in total. The first-order valence-corrected chi connectivity index (χ1v) is 5.44. The van der Waals surface area contributed by atoms with Gasteiger partial charge in [0.2, 0.25) is 0 Å². The fourth-order valence-electron chi connectivity index (χ4n) is 1.11. The molecule has 1 heterocycles. The van der Waals surface area contributed by atoms with E-state index in [4.69, 9.17) is 9.62 Å². The fourth-order valence-corrected chi connectivity index (χ4v) is 1.81. The van der Waals surface area contributed by atoms with E-state index in [0.29, 0.717) is 16.7 Å². The molecule has 5 heteroatoms. The van der Waals surface area contributed by atoms with Crippen LogP contribution in [0.25, 0.3) is 11.1 Å². The van der Waals surface area contributed by atoms with Gasteiger partial charge in [-0.25, -0.2) is 4.98 Å². The van der Waals surface area contributed by atoms with Gasteiger partial charge in [-0.1, -0.05) is 29.1 Å². The van der Waals surface area contributed by atoms with Crippen LogP contribution in [0.1, 0.15) is 6.92 Å². The lowest BCUT2D eigenvalue weighted by molar-refractivity contribution is 0.318. The van der Waals surface area contributed by atoms with E-state index in [2.05, 4.69) is 10.1 Å². The molecule has 0 aliphatic rings. The van der Waals surface area contributed by atoms with E-state index >= 15 is 0 Å². The molecule has 0 saturated carbocycles. The van der Waals surface area contributed by atoms with E-state index in [1.54, 1.807) is 6.92 Å². The molecule has 0 radical (unpaired) electrons. The van der Waals surface area contributed by atoms with Gasteiger partial charge in [0.1, 0.15) is 5.52 Å². The van der Waals surface area contributed by atoms with Gasteiger partial charge in [-0.2, -0.15) is 0 Å². The van der Waals surface area contributed by atoms with E-state index in [-0.39, 0.29) is 0 Å². The molecule has 1 aromatic carbocycles. The number of oxazole rings is 1. The highest BCUT2D eigenvalue weighted by molar-refractivity contribution is 7.99. The second-order valence-electron chi connectivity index (χ2n) is 3.07. The second-order valence-corrected chi connectivity index (χ2v) is 4.00. The van der Waals surface area contributed by atoms with Gasteiger partial charge in [0.15, 0.2) is 5.58 Å². The Labute approximate surface area is 91.0 Å². The van der Waals surface area contributed by atoms with Crippen molar-refractivity contribution >= 4 is 28.6 Å². The summed E-state index contributed by atoms with van der Waals surface area (Å²) in [5.41, 5.74) is 2.26. The summed E-state index contributed by atoms with van der Waals surface area (Å²) in [5.74, 6) is 0.573. The van der Waals surface area contributed by atoms with Gasteiger partial charge in [-0.05, 0) is 19.1 Å². The third-order valence-corrected chi connectivity index (χ3v) is 2.83. The van der Waals surface area contributed by atoms with Gasteiger partial charge in [0.25, 0.3) is 5.22 Å². The third-order valence-electron chi connectivity index (χ3n) is 1.85. The molecule has 0 spiro atoms. The van der Waals surface area contributed by atoms with Crippen LogP contribution in [0.5, 0.6) is 0 Å². The van der Waals surface area contributed by atoms with E-state index in [0.717, 1.165) is 11.1 Å². The summed E-state index contributed by atoms with van der Waals surface area (Å²) in [6.07, 6.45) is 0. The van der Waals surface area contributed by atoms with E-state index in [9.17, 15) is 0 Å². The predicted octanol–water partition coefficient (Wildman–Crippen LogP) is 2.77. The highest BCUT2D eigenvalue weighted by Gasteiger charge is 2.05. The van der Waals surface area contributed by atoms with Crippen LogP contribution in [0.2, 0.25) is 0 Å². The smallest absolute Gasteiger partial charge is 0.257 e. The van der Waals surface area contributed by atoms with Crippen molar-refractivity contribution in [3.05, 3.63) is 24.3 Å². The normalized spacial score (nSPS) is 12.2. The third kappa shape index (κ3) is 2.30. The Morgan fingerprint density at radius 3 is 3.07 bits per heavy atom. The first-order chi connectivity index (χ1) is 7.29. The zero-order chi connectivity index (χ0) is 10.7. The topological polar surface area (TPSA) is 58.6 Å². The fraction of sp³-hybridized carbons (Fsp3) is 0.200. The van der Waals surface area contributed by atoms with Gasteiger partial charge in [-0.15, -0.1) is 0 Å². The SMILES string of the molecule is C/C(CSc1nc2ccccc2o1)=N\O. The Balaban J connectivity index is 2.15. The van der Waals surface area contributed by atoms with Crippen LogP contribution in [-0.2, 0) is 0 Å². The molecule has 0 bridgehead atoms. The molecule has 1 aromatic heterocycles. The zero-order valence-corrected chi connectivity index (χ0v) is 8.99. The van der Waals surface area contributed by atoms with Crippen LogP contribution in [0, 0.1) is 0 Å². The lowest BCUT2D eigenvalue weighted by Crippen LogP contribution is -1.94. The van der Waals surface area contributed by atoms with Gasteiger partial charge in [0, 0.05) is 5.75 Å². The maximum absolute atomic E-state index is 8.48. The van der Waals surface area contributed by atoms with Gasteiger partial charge in [0.05, 0.1) is 5.71 Å². The van der Waals surface area contributed by atoms with Gasteiger partial charge >= 0.3 is 0 Å². The number of rotatable bonds is 3. The molecule has 0 saturated heterocycles. The summed E-state index contributed by atoms with van der Waals surface area (Å²) in [4.78, 5) is 4.28. The first kappa shape index (κ1) is 10.0. The van der Waals surface area contributed by atoms with E-state index in [1.165, 1.54) is 11.8 Å². The van der Waals surface area contributed by atoms with Crippen molar-refractivity contribution in [1.82, 2.24) is 4.98 Å². The number of oxime groups is 1. The average Bonchev–Trinajstić information content (AvgIpc) is 2.68. The summed E-state index contributed by atoms with van der Waals surface area (Å²) in [6.45, 7) is 1.75. The highest BCUT2D eigenvalue weighted by atomic mass is 32.2. The summed E-state index contributed by atoms with van der Waals surface area (Å²) in [6, 6.07) is 7.59. The molecule has 2 aromatic rings. The first-order valence-electron chi connectivity index (χ1n) is 4.45. The lowest BCUT2D eigenvalue weighted by atomic mass is 10.3. The number of hydrogen-bond acceptors (Lipinski definition) is 5. The maximum atomic E-state index is 8.48. The highest BCUT2D eigenvalue weighted by Crippen LogP contribution is 2.22. The van der Waals surface area contributed by atoms with E-state index < -0.39 is 0 Å². The molecule has 0 aliphatic heterocycles. The maximum Gasteiger partial charge on any atom is 0.257 e. The molecule has 0 atom stereocenters. The summed E-state index contributed by atoms with van der Waals surface area (Å²) in [7, 11) is 0. The van der Waals surface area contributed by atoms with Crippen molar-refractivity contribution in [2.45, 2.75) is 12.1 Å². The van der Waals surface area contributed by atoms with Crippen LogP contribution in [-0.4, -0.2) is 21.7 Å². The Kier molecular flexibility index (Phi) is 2.91. The Hall–Kier alpha value is -1.49. The van der Waals surface area contributed by atoms with Crippen LogP contribution in [0.3, 0.4) is 0 Å². The Bertz CT molecular complexity index is 460. The zero-order valence-electron chi connectivity index (χ0n) is 8.17. The number of benzene rings is 1. The molecule has 0 aliphatic carbocycles. The molecule has 0 amide bonds. The molecule has 78 valence electrons. The van der Waals surface area contributed by atoms with Crippen molar-refractivity contribution in [2.24, 2.45) is 5.16 Å². The molecular weight excluding hydrogens is 212 g/mol. The van der Waals surface area contributed by atoms with Crippen molar-refractivity contribution < 1.29 is 9.62 Å². The standard InChI is InChI=1S/C10H10N2O2S/c1-7(12-13)6-15-10-11-8-4-2-3-5-9(8)14-10/h2-5,13H,6H2,1H3/b12-7+. The van der Waals surface area contributed by atoms with Crippen LogP contribution >= 0.6 is 11.8 Å². The molecule has 15 heavy (non-hydrogen) atoms. The van der Waals surface area contributed by atoms with Crippen molar-refractivity contribution in [2.75, 3.05) is 5.75 Å². The van der Waals surface area contributed by atoms with Gasteiger partial charge in [-0.3, -0.25) is 0 Å². The Morgan fingerprint density at radius 2 is 2.33 bits per heavy atom. The quantitative estimate of drug-likeness (QED) is 0.375. The number of hydrogen-bond donors (Lipinski definition) is 1. The number of thioether (sulfide) groups is 1. The molecule has 4 nitrogen and oxygen atoms in total. The average molecular weight is 222 g/mol. The monoisotopic (exact) mass is 222 g/mol. The van der Waals surface area contributed by atoms with Crippen LogP contribution < -0.4 is 0 Å². The number of aromatic nitrogens is 1. The predicted molar refractivity (Wildman–Crippen MR) is 59.6 cm³/mol. The molecule has 0 unspecified atom stereocenters. The van der Waals surface area contributed by atoms with E-state index in [1.807, 2.05) is 24.3 Å². The number of nitrogens with zero attached hydrogens (tertiary/aromatic N) is 2. The van der Waals surface area contributed by atoms with Gasteiger partial charge < -0.3 is 9.62 Å². The second kappa shape index (κ2) is 4.35.